The van der Waals surface area contributed by atoms with Gasteiger partial charge in [0.25, 0.3) is 0 Å². The maximum Gasteiger partial charge on any atom is 0.165 e. The minimum atomic E-state index is 0.609. The van der Waals surface area contributed by atoms with Crippen molar-refractivity contribution in [2.75, 3.05) is 11.9 Å². The van der Waals surface area contributed by atoms with Gasteiger partial charge >= 0.3 is 0 Å². The van der Waals surface area contributed by atoms with Crippen molar-refractivity contribution in [2.24, 2.45) is 0 Å². The third kappa shape index (κ3) is 2.68. The molecule has 0 saturated heterocycles. The van der Waals surface area contributed by atoms with Crippen molar-refractivity contribution in [2.45, 2.75) is 39.0 Å². The molecule has 106 valence electrons. The van der Waals surface area contributed by atoms with E-state index in [9.17, 15) is 0 Å². The SMILES string of the molecule is CCCNc1nc(-c2ccoc2C)nc(C2CC2)c1I. The highest BCUT2D eigenvalue weighted by Gasteiger charge is 2.29. The minimum Gasteiger partial charge on any atom is -0.469 e. The Labute approximate surface area is 132 Å². The summed E-state index contributed by atoms with van der Waals surface area (Å²) in [5.74, 6) is 3.21. The zero-order valence-corrected chi connectivity index (χ0v) is 13.9. The van der Waals surface area contributed by atoms with Crippen molar-refractivity contribution in [3.05, 3.63) is 27.4 Å². The average Bonchev–Trinajstić information content (AvgIpc) is 3.20. The van der Waals surface area contributed by atoms with E-state index in [4.69, 9.17) is 14.4 Å². The van der Waals surface area contributed by atoms with Crippen molar-refractivity contribution in [3.63, 3.8) is 0 Å². The van der Waals surface area contributed by atoms with Crippen molar-refractivity contribution < 1.29 is 4.42 Å². The predicted molar refractivity (Wildman–Crippen MR) is 87.9 cm³/mol. The Bertz CT molecular complexity index is 620. The first-order valence-electron chi connectivity index (χ1n) is 7.06. The van der Waals surface area contributed by atoms with Gasteiger partial charge < -0.3 is 9.73 Å². The molecule has 1 aliphatic carbocycles. The van der Waals surface area contributed by atoms with Crippen molar-refractivity contribution in [1.82, 2.24) is 9.97 Å². The molecule has 0 spiro atoms. The van der Waals surface area contributed by atoms with Gasteiger partial charge in [-0.15, -0.1) is 0 Å². The van der Waals surface area contributed by atoms with Crippen LogP contribution in [-0.4, -0.2) is 16.5 Å². The molecule has 2 aromatic heterocycles. The lowest BCUT2D eigenvalue weighted by atomic mass is 10.2. The van der Waals surface area contributed by atoms with Crippen LogP contribution in [0.4, 0.5) is 5.82 Å². The van der Waals surface area contributed by atoms with Gasteiger partial charge in [-0.1, -0.05) is 6.92 Å². The van der Waals surface area contributed by atoms with Gasteiger partial charge in [-0.2, -0.15) is 0 Å². The van der Waals surface area contributed by atoms with E-state index in [0.29, 0.717) is 5.92 Å². The van der Waals surface area contributed by atoms with E-state index in [0.717, 1.165) is 35.9 Å². The molecule has 0 amide bonds. The highest BCUT2D eigenvalue weighted by atomic mass is 127. The molecule has 3 rings (SSSR count). The molecule has 0 radical (unpaired) electrons. The number of nitrogens with zero attached hydrogens (tertiary/aromatic N) is 2. The summed E-state index contributed by atoms with van der Waals surface area (Å²) in [7, 11) is 0. The second kappa shape index (κ2) is 5.71. The van der Waals surface area contributed by atoms with Gasteiger partial charge in [0.1, 0.15) is 11.6 Å². The molecule has 2 aromatic rings. The first kappa shape index (κ1) is 13.9. The smallest absolute Gasteiger partial charge is 0.165 e. The van der Waals surface area contributed by atoms with Gasteiger partial charge in [-0.05, 0) is 54.8 Å². The van der Waals surface area contributed by atoms with E-state index >= 15 is 0 Å². The molecule has 0 unspecified atom stereocenters. The lowest BCUT2D eigenvalue weighted by molar-refractivity contribution is 0.535. The molecule has 0 atom stereocenters. The largest absolute Gasteiger partial charge is 0.469 e. The van der Waals surface area contributed by atoms with Crippen molar-refractivity contribution >= 4 is 28.4 Å². The topological polar surface area (TPSA) is 51.0 Å². The van der Waals surface area contributed by atoms with Gasteiger partial charge in [0.15, 0.2) is 5.82 Å². The lowest BCUT2D eigenvalue weighted by Gasteiger charge is -2.12. The number of hydrogen-bond donors (Lipinski definition) is 1. The van der Waals surface area contributed by atoms with Crippen LogP contribution in [0.15, 0.2) is 16.7 Å². The molecule has 0 aromatic carbocycles. The maximum atomic E-state index is 5.38. The average molecular weight is 383 g/mol. The first-order valence-corrected chi connectivity index (χ1v) is 8.14. The van der Waals surface area contributed by atoms with Crippen molar-refractivity contribution in [1.29, 1.82) is 0 Å². The fourth-order valence-electron chi connectivity index (χ4n) is 2.19. The summed E-state index contributed by atoms with van der Waals surface area (Å²) in [5, 5.41) is 3.42. The van der Waals surface area contributed by atoms with Crippen LogP contribution >= 0.6 is 22.6 Å². The number of nitrogens with one attached hydrogen (secondary N) is 1. The van der Waals surface area contributed by atoms with Gasteiger partial charge in [-0.25, -0.2) is 9.97 Å². The zero-order valence-electron chi connectivity index (χ0n) is 11.7. The molecule has 4 nitrogen and oxygen atoms in total. The Morgan fingerprint density at radius 1 is 1.40 bits per heavy atom. The number of halogens is 1. The highest BCUT2D eigenvalue weighted by Crippen LogP contribution is 2.43. The third-order valence-corrected chi connectivity index (χ3v) is 4.55. The Morgan fingerprint density at radius 3 is 2.80 bits per heavy atom. The summed E-state index contributed by atoms with van der Waals surface area (Å²) in [5.41, 5.74) is 2.18. The van der Waals surface area contributed by atoms with Crippen molar-refractivity contribution in [3.8, 4) is 11.4 Å². The van der Waals surface area contributed by atoms with Crippen LogP contribution in [0, 0.1) is 10.5 Å². The van der Waals surface area contributed by atoms with E-state index in [-0.39, 0.29) is 0 Å². The van der Waals surface area contributed by atoms with Crippen LogP contribution in [-0.2, 0) is 0 Å². The summed E-state index contributed by atoms with van der Waals surface area (Å²) in [4.78, 5) is 9.48. The molecule has 1 N–H and O–H groups in total. The Morgan fingerprint density at radius 2 is 2.20 bits per heavy atom. The zero-order chi connectivity index (χ0) is 14.1. The fraction of sp³-hybridized carbons (Fsp3) is 0.467. The molecular formula is C15H18IN3O. The first-order chi connectivity index (χ1) is 9.70. The summed E-state index contributed by atoms with van der Waals surface area (Å²) in [6, 6.07) is 1.94. The molecule has 5 heteroatoms. The van der Waals surface area contributed by atoms with Gasteiger partial charge in [0, 0.05) is 12.5 Å². The molecule has 0 aliphatic heterocycles. The van der Waals surface area contributed by atoms with Crippen LogP contribution < -0.4 is 5.32 Å². The van der Waals surface area contributed by atoms with E-state index < -0.39 is 0 Å². The number of anilines is 1. The van der Waals surface area contributed by atoms with Gasteiger partial charge in [0.05, 0.1) is 21.1 Å². The van der Waals surface area contributed by atoms with E-state index in [1.54, 1.807) is 6.26 Å². The second-order valence-corrected chi connectivity index (χ2v) is 6.27. The maximum absolute atomic E-state index is 5.38. The standard InChI is InChI=1S/C15H18IN3O/c1-3-7-17-15-12(16)13(10-4-5-10)18-14(19-15)11-6-8-20-9(11)2/h6,8,10H,3-5,7H2,1-2H3,(H,17,18,19). The predicted octanol–water partition coefficient (Wildman–Crippen LogP) is 4.35. The van der Waals surface area contributed by atoms with Crippen LogP contribution in [0.3, 0.4) is 0 Å². The number of aryl methyl sites for hydroxylation is 1. The van der Waals surface area contributed by atoms with Gasteiger partial charge in [0.2, 0.25) is 0 Å². The van der Waals surface area contributed by atoms with E-state index in [1.807, 2.05) is 13.0 Å². The second-order valence-electron chi connectivity index (χ2n) is 5.19. The monoisotopic (exact) mass is 383 g/mol. The molecule has 0 bridgehead atoms. The fourth-order valence-corrected chi connectivity index (χ4v) is 3.06. The van der Waals surface area contributed by atoms with Crippen LogP contribution in [0.25, 0.3) is 11.4 Å². The van der Waals surface area contributed by atoms with Crippen LogP contribution in [0.5, 0.6) is 0 Å². The molecule has 1 saturated carbocycles. The summed E-state index contributed by atoms with van der Waals surface area (Å²) >= 11 is 2.37. The summed E-state index contributed by atoms with van der Waals surface area (Å²) < 4.78 is 6.55. The highest BCUT2D eigenvalue weighted by molar-refractivity contribution is 14.1. The molecule has 20 heavy (non-hydrogen) atoms. The summed E-state index contributed by atoms with van der Waals surface area (Å²) in [6.45, 7) is 5.04. The Kier molecular flexibility index (Phi) is 3.96. The lowest BCUT2D eigenvalue weighted by Crippen LogP contribution is -2.08. The van der Waals surface area contributed by atoms with Gasteiger partial charge in [-0.3, -0.25) is 0 Å². The molecule has 1 aliphatic rings. The molecular weight excluding hydrogens is 365 g/mol. The number of furan rings is 1. The molecule has 1 fully saturated rings. The Balaban J connectivity index is 2.06. The number of rotatable bonds is 5. The van der Waals surface area contributed by atoms with Crippen LogP contribution in [0.2, 0.25) is 0 Å². The molecule has 2 heterocycles. The third-order valence-electron chi connectivity index (χ3n) is 3.48. The number of hydrogen-bond acceptors (Lipinski definition) is 4. The minimum absolute atomic E-state index is 0.609. The summed E-state index contributed by atoms with van der Waals surface area (Å²) in [6.07, 6.45) is 5.26. The normalized spacial score (nSPS) is 14.6. The quantitative estimate of drug-likeness (QED) is 0.781. The van der Waals surface area contributed by atoms with Crippen LogP contribution in [0.1, 0.15) is 43.6 Å². The van der Waals surface area contributed by atoms with E-state index in [2.05, 4.69) is 34.8 Å². The van der Waals surface area contributed by atoms with E-state index in [1.165, 1.54) is 22.1 Å². The Hall–Kier alpha value is -1.11. The number of aromatic nitrogens is 2.